The number of nitrogens with zero attached hydrogens (tertiary/aromatic N) is 1. The van der Waals surface area contributed by atoms with Gasteiger partial charge < -0.3 is 24.1 Å². The number of aromatic amines is 1. The van der Waals surface area contributed by atoms with Crippen LogP contribution in [0.25, 0.3) is 17.0 Å². The van der Waals surface area contributed by atoms with E-state index in [1.807, 2.05) is 59.5 Å². The predicted octanol–water partition coefficient (Wildman–Crippen LogP) is 5.38. The Morgan fingerprint density at radius 2 is 1.71 bits per heavy atom. The van der Waals surface area contributed by atoms with E-state index in [4.69, 9.17) is 14.2 Å². The number of nitrogens with one attached hydrogen (secondary N) is 1. The van der Waals surface area contributed by atoms with Crippen molar-refractivity contribution in [1.82, 2.24) is 9.88 Å². The minimum Gasteiger partial charge on any atom is -0.497 e. The molecule has 0 spiro atoms. The fraction of sp³-hybridized carbons (Fsp3) is 0.207. The first-order chi connectivity index (χ1) is 17.1. The number of carbonyl (C=O) groups excluding carboxylic acids is 1. The first-order valence-electron chi connectivity index (χ1n) is 11.6. The number of para-hydroxylation sites is 1. The third-order valence-corrected chi connectivity index (χ3v) is 6.58. The van der Waals surface area contributed by atoms with Gasteiger partial charge in [0.05, 0.1) is 27.4 Å². The van der Waals surface area contributed by atoms with Gasteiger partial charge in [0.15, 0.2) is 11.5 Å². The molecule has 1 N–H and O–H groups in total. The summed E-state index contributed by atoms with van der Waals surface area (Å²) in [5, 5.41) is 1.22. The molecule has 0 saturated heterocycles. The normalized spacial score (nSPS) is 15.3. The van der Waals surface area contributed by atoms with Crippen molar-refractivity contribution in [3.05, 3.63) is 95.2 Å². The number of fused-ring (bicyclic) bond motifs is 3. The van der Waals surface area contributed by atoms with Gasteiger partial charge in [0, 0.05) is 29.2 Å². The molecule has 6 nitrogen and oxygen atoms in total. The van der Waals surface area contributed by atoms with E-state index in [2.05, 4.69) is 23.2 Å². The summed E-state index contributed by atoms with van der Waals surface area (Å²) in [6.07, 6.45) is 4.24. The smallest absolute Gasteiger partial charge is 0.247 e. The van der Waals surface area contributed by atoms with Gasteiger partial charge in [-0.25, -0.2) is 0 Å². The summed E-state index contributed by atoms with van der Waals surface area (Å²) in [7, 11) is 4.85. The second-order valence-electron chi connectivity index (χ2n) is 8.47. The van der Waals surface area contributed by atoms with E-state index >= 15 is 0 Å². The number of rotatable bonds is 6. The van der Waals surface area contributed by atoms with Crippen LogP contribution in [-0.4, -0.2) is 43.7 Å². The summed E-state index contributed by atoms with van der Waals surface area (Å²) in [6.45, 7) is 0.626. The molecule has 1 aliphatic heterocycles. The molecule has 0 aliphatic carbocycles. The lowest BCUT2D eigenvalue weighted by molar-refractivity contribution is -0.128. The Balaban J connectivity index is 1.51. The maximum absolute atomic E-state index is 13.5. The zero-order valence-corrected chi connectivity index (χ0v) is 20.1. The molecule has 6 heteroatoms. The molecule has 1 atom stereocenters. The molecule has 0 bridgehead atoms. The summed E-state index contributed by atoms with van der Waals surface area (Å²) < 4.78 is 16.1. The zero-order valence-electron chi connectivity index (χ0n) is 20.1. The summed E-state index contributed by atoms with van der Waals surface area (Å²) in [5.41, 5.74) is 5.32. The number of hydrogen-bond acceptors (Lipinski definition) is 4. The van der Waals surface area contributed by atoms with E-state index in [9.17, 15) is 4.79 Å². The van der Waals surface area contributed by atoms with Crippen molar-refractivity contribution in [2.75, 3.05) is 27.9 Å². The molecule has 4 aromatic rings. The summed E-state index contributed by atoms with van der Waals surface area (Å²) in [4.78, 5) is 19.1. The van der Waals surface area contributed by atoms with Crippen molar-refractivity contribution >= 4 is 22.9 Å². The third-order valence-electron chi connectivity index (χ3n) is 6.58. The Bertz CT molecular complexity index is 1390. The largest absolute Gasteiger partial charge is 0.497 e. The molecular formula is C29H28N2O4. The van der Waals surface area contributed by atoms with Crippen LogP contribution in [0.15, 0.2) is 72.8 Å². The van der Waals surface area contributed by atoms with Crippen LogP contribution in [0.2, 0.25) is 0 Å². The molecule has 178 valence electrons. The SMILES string of the molecule is COc1ccc(C2c3[nH]c4ccccc4c3CCN2C(=O)C=Cc2ccc(OC)c(OC)c2)cc1. The number of ether oxygens (including phenoxy) is 3. The van der Waals surface area contributed by atoms with E-state index in [0.717, 1.165) is 34.5 Å². The lowest BCUT2D eigenvalue weighted by Crippen LogP contribution is -2.39. The molecule has 1 unspecified atom stereocenters. The van der Waals surface area contributed by atoms with Gasteiger partial charge in [0.1, 0.15) is 5.75 Å². The lowest BCUT2D eigenvalue weighted by atomic mass is 9.92. The van der Waals surface area contributed by atoms with Gasteiger partial charge in [-0.05, 0) is 59.5 Å². The van der Waals surface area contributed by atoms with Crippen molar-refractivity contribution in [2.45, 2.75) is 12.5 Å². The van der Waals surface area contributed by atoms with Crippen LogP contribution in [0, 0.1) is 0 Å². The molecule has 1 aromatic heterocycles. The van der Waals surface area contributed by atoms with Crippen LogP contribution in [0.5, 0.6) is 17.2 Å². The van der Waals surface area contributed by atoms with E-state index < -0.39 is 0 Å². The maximum atomic E-state index is 13.5. The quantitative estimate of drug-likeness (QED) is 0.386. The Labute approximate surface area is 204 Å². The van der Waals surface area contributed by atoms with Crippen molar-refractivity contribution in [3.63, 3.8) is 0 Å². The van der Waals surface area contributed by atoms with E-state index in [0.29, 0.717) is 18.0 Å². The topological polar surface area (TPSA) is 63.8 Å². The van der Waals surface area contributed by atoms with E-state index in [-0.39, 0.29) is 11.9 Å². The molecule has 1 amide bonds. The molecule has 0 radical (unpaired) electrons. The van der Waals surface area contributed by atoms with E-state index in [1.165, 1.54) is 10.9 Å². The van der Waals surface area contributed by atoms with Crippen LogP contribution in [0.4, 0.5) is 0 Å². The lowest BCUT2D eigenvalue weighted by Gasteiger charge is -2.35. The average molecular weight is 469 g/mol. The number of carbonyl (C=O) groups is 1. The number of aromatic nitrogens is 1. The molecule has 0 saturated carbocycles. The van der Waals surface area contributed by atoms with Gasteiger partial charge >= 0.3 is 0 Å². The minimum atomic E-state index is -0.223. The van der Waals surface area contributed by atoms with E-state index in [1.54, 1.807) is 27.4 Å². The Hall–Kier alpha value is -4.19. The van der Waals surface area contributed by atoms with Gasteiger partial charge in [-0.1, -0.05) is 36.4 Å². The highest BCUT2D eigenvalue weighted by Crippen LogP contribution is 2.39. The molecule has 35 heavy (non-hydrogen) atoms. The Morgan fingerprint density at radius 1 is 0.943 bits per heavy atom. The number of amides is 1. The fourth-order valence-electron chi connectivity index (χ4n) is 4.83. The van der Waals surface area contributed by atoms with Gasteiger partial charge in [-0.3, -0.25) is 4.79 Å². The second kappa shape index (κ2) is 9.58. The van der Waals surface area contributed by atoms with Gasteiger partial charge in [-0.15, -0.1) is 0 Å². The summed E-state index contributed by atoms with van der Waals surface area (Å²) >= 11 is 0. The first kappa shape index (κ1) is 22.6. The van der Waals surface area contributed by atoms with Crippen molar-refractivity contribution < 1.29 is 19.0 Å². The highest BCUT2D eigenvalue weighted by atomic mass is 16.5. The molecule has 0 fully saturated rings. The average Bonchev–Trinajstić information content (AvgIpc) is 3.29. The molecule has 1 aliphatic rings. The number of hydrogen-bond donors (Lipinski definition) is 1. The zero-order chi connectivity index (χ0) is 24.4. The van der Waals surface area contributed by atoms with Gasteiger partial charge in [0.2, 0.25) is 5.91 Å². The van der Waals surface area contributed by atoms with Crippen molar-refractivity contribution in [3.8, 4) is 17.2 Å². The molecule has 5 rings (SSSR count). The highest BCUT2D eigenvalue weighted by Gasteiger charge is 2.33. The standard InChI is InChI=1S/C29H28N2O4/c1-33-21-12-10-20(11-13-21)29-28-23(22-6-4-5-7-24(22)30-28)16-17-31(29)27(32)15-9-19-8-14-25(34-2)26(18-19)35-3/h4-15,18,29-30H,16-17H2,1-3H3. The number of benzene rings is 3. The molecule has 3 aromatic carbocycles. The summed E-state index contributed by atoms with van der Waals surface area (Å²) in [6, 6.07) is 21.6. The monoisotopic (exact) mass is 468 g/mol. The summed E-state index contributed by atoms with van der Waals surface area (Å²) in [5.74, 6) is 2.01. The second-order valence-corrected chi connectivity index (χ2v) is 8.47. The Morgan fingerprint density at radius 3 is 2.46 bits per heavy atom. The van der Waals surface area contributed by atoms with Crippen molar-refractivity contribution in [1.29, 1.82) is 0 Å². The molecule has 2 heterocycles. The minimum absolute atomic E-state index is 0.0510. The van der Waals surface area contributed by atoms with Crippen molar-refractivity contribution in [2.24, 2.45) is 0 Å². The Kier molecular flexibility index (Phi) is 6.19. The van der Waals surface area contributed by atoms with Crippen LogP contribution in [0.3, 0.4) is 0 Å². The van der Waals surface area contributed by atoms with Crippen LogP contribution < -0.4 is 14.2 Å². The molecular weight excluding hydrogens is 440 g/mol. The number of H-pyrrole nitrogens is 1. The third kappa shape index (κ3) is 4.23. The maximum Gasteiger partial charge on any atom is 0.247 e. The fourth-order valence-corrected chi connectivity index (χ4v) is 4.83. The van der Waals surface area contributed by atoms with Crippen LogP contribution in [0.1, 0.15) is 28.4 Å². The van der Waals surface area contributed by atoms with Gasteiger partial charge in [-0.2, -0.15) is 0 Å². The van der Waals surface area contributed by atoms with Gasteiger partial charge in [0.25, 0.3) is 0 Å². The van der Waals surface area contributed by atoms with Crippen LogP contribution in [-0.2, 0) is 11.2 Å². The first-order valence-corrected chi connectivity index (χ1v) is 11.6. The highest BCUT2D eigenvalue weighted by molar-refractivity contribution is 5.93. The number of methoxy groups -OCH3 is 3. The van der Waals surface area contributed by atoms with Crippen LogP contribution >= 0.6 is 0 Å². The predicted molar refractivity (Wildman–Crippen MR) is 137 cm³/mol.